The Hall–Kier alpha value is -1.55. The number of hydrogen-bond acceptors (Lipinski definition) is 4. The fourth-order valence-electron chi connectivity index (χ4n) is 3.33. The van der Waals surface area contributed by atoms with E-state index in [1.165, 1.54) is 14.1 Å². The summed E-state index contributed by atoms with van der Waals surface area (Å²) < 4.78 is 309. The molecule has 28 heteroatoms. The van der Waals surface area contributed by atoms with E-state index in [0.717, 1.165) is 0 Å². The Labute approximate surface area is 246 Å². The van der Waals surface area contributed by atoms with Crippen LogP contribution in [-0.2, 0) is 20.1 Å². The van der Waals surface area contributed by atoms with Crippen molar-refractivity contribution in [3.63, 3.8) is 0 Å². The van der Waals surface area contributed by atoms with Crippen LogP contribution in [0.25, 0.3) is 0 Å². The lowest BCUT2D eigenvalue weighted by Crippen LogP contribution is -2.76. The maximum absolute atomic E-state index is 14.3. The summed E-state index contributed by atoms with van der Waals surface area (Å²) in [5, 5.41) is -7.74. The molecule has 278 valence electrons. The molecule has 0 saturated carbocycles. The molecule has 0 radical (unpaired) electrons. The summed E-state index contributed by atoms with van der Waals surface area (Å²) in [5.74, 6) is -63.0. The van der Waals surface area contributed by atoms with E-state index in [2.05, 4.69) is 0 Å². The molecule has 0 amide bonds. The monoisotopic (exact) mass is 771 g/mol. The van der Waals surface area contributed by atoms with Gasteiger partial charge in [-0.15, -0.1) is 0 Å². The maximum atomic E-state index is 14.3. The highest BCUT2D eigenvalue weighted by atomic mass is 32.2. The summed E-state index contributed by atoms with van der Waals surface area (Å²) >= 11 is 0. The predicted octanol–water partition coefficient (Wildman–Crippen LogP) is 5.59. The first kappa shape index (κ1) is 44.4. The van der Waals surface area contributed by atoms with Crippen LogP contribution in [0.4, 0.5) is 83.4 Å². The van der Waals surface area contributed by atoms with Gasteiger partial charge in [-0.2, -0.15) is 96.1 Å². The summed E-state index contributed by atoms with van der Waals surface area (Å²) in [5.41, 5.74) is 0. The summed E-state index contributed by atoms with van der Waals surface area (Å²) in [7, 11) is -9.54. The number of halogens is 19. The van der Waals surface area contributed by atoms with E-state index in [-0.39, 0.29) is 24.5 Å². The van der Waals surface area contributed by atoms with Gasteiger partial charge in [0.15, 0.2) is 0 Å². The van der Waals surface area contributed by atoms with Gasteiger partial charge in [-0.3, -0.25) is 4.55 Å². The Balaban J connectivity index is 6.52. The van der Waals surface area contributed by atoms with Gasteiger partial charge in [-0.25, -0.2) is 8.42 Å². The van der Waals surface area contributed by atoms with Crippen molar-refractivity contribution in [3.8, 4) is 0 Å². The third-order valence-electron chi connectivity index (χ3n) is 6.22. The molecule has 0 aromatic carbocycles. The van der Waals surface area contributed by atoms with Crippen molar-refractivity contribution < 1.29 is 109 Å². The normalized spacial score (nSPS) is 16.3. The third kappa shape index (κ3) is 7.23. The first-order valence-corrected chi connectivity index (χ1v) is 14.5. The molecule has 0 rings (SSSR count). The van der Waals surface area contributed by atoms with Crippen LogP contribution in [0.2, 0.25) is 0 Å². The van der Waals surface area contributed by atoms with Gasteiger partial charge in [0.2, 0.25) is 0 Å². The number of rotatable bonds is 17. The molecule has 7 nitrogen and oxygen atoms in total. The summed E-state index contributed by atoms with van der Waals surface area (Å²) in [6.07, 6.45) is -9.04. The minimum absolute atomic E-state index is 0.115. The largest absolute Gasteiger partial charge is 0.460 e. The van der Waals surface area contributed by atoms with Gasteiger partial charge >= 0.3 is 52.9 Å². The maximum Gasteiger partial charge on any atom is 0.460 e. The summed E-state index contributed by atoms with van der Waals surface area (Å²) in [4.78, 5) is 0. The van der Waals surface area contributed by atoms with Crippen LogP contribution in [0, 0.1) is 0 Å². The zero-order valence-corrected chi connectivity index (χ0v) is 24.3. The molecule has 46 heavy (non-hydrogen) atoms. The molecule has 0 fully saturated rings. The molecule has 1 N–H and O–H groups in total. The average molecular weight is 771 g/mol. The Morgan fingerprint density at radius 1 is 0.543 bits per heavy atom. The van der Waals surface area contributed by atoms with Crippen LogP contribution >= 0.6 is 0 Å². The Kier molecular flexibility index (Phi) is 12.0. The van der Waals surface area contributed by atoms with E-state index in [1.807, 2.05) is 0 Å². The molecule has 0 aliphatic rings. The van der Waals surface area contributed by atoms with Crippen molar-refractivity contribution in [1.82, 2.24) is 4.31 Å². The van der Waals surface area contributed by atoms with Gasteiger partial charge in [0.1, 0.15) is 0 Å². The van der Waals surface area contributed by atoms with Crippen LogP contribution in [0.15, 0.2) is 0 Å². The lowest BCUT2D eigenvalue weighted by molar-refractivity contribution is -0.890. The lowest BCUT2D eigenvalue weighted by atomic mass is 9.89. The smallest absolute Gasteiger partial charge is 0.328 e. The molecule has 0 aliphatic carbocycles. The quantitative estimate of drug-likeness (QED) is 0.118. The molecule has 0 saturated heterocycles. The van der Waals surface area contributed by atoms with Gasteiger partial charge in [0, 0.05) is 26.4 Å². The van der Waals surface area contributed by atoms with E-state index in [9.17, 15) is 100 Å². The highest BCUT2D eigenvalue weighted by molar-refractivity contribution is 7.90. The van der Waals surface area contributed by atoms with Crippen molar-refractivity contribution >= 4 is 20.1 Å². The second-order valence-electron chi connectivity index (χ2n) is 10.2. The van der Waals surface area contributed by atoms with Crippen LogP contribution in [-0.4, -0.2) is 130 Å². The number of hydrogen-bond donors (Lipinski definition) is 1. The fraction of sp³-hybridized carbons (Fsp3) is 1.00. The van der Waals surface area contributed by atoms with E-state index >= 15 is 0 Å². The second-order valence-corrected chi connectivity index (χ2v) is 13.9. The summed E-state index contributed by atoms with van der Waals surface area (Å²) in [6, 6.07) is 0. The van der Waals surface area contributed by atoms with Crippen molar-refractivity contribution in [1.29, 1.82) is 0 Å². The number of sulfonamides is 1. The van der Waals surface area contributed by atoms with E-state index in [1.54, 1.807) is 0 Å². The Morgan fingerprint density at radius 3 is 1.17 bits per heavy atom. The number of quaternary nitrogens is 1. The second kappa shape index (κ2) is 12.4. The van der Waals surface area contributed by atoms with Crippen molar-refractivity contribution in [2.45, 2.75) is 65.7 Å². The minimum atomic E-state index is -9.17. The number of nitrogens with zero attached hydrogens (tertiary/aromatic N) is 2. The minimum Gasteiger partial charge on any atom is -0.328 e. The van der Waals surface area contributed by atoms with Crippen LogP contribution in [0.3, 0.4) is 0 Å². The lowest BCUT2D eigenvalue weighted by Gasteiger charge is -2.43. The van der Waals surface area contributed by atoms with Crippen LogP contribution < -0.4 is 0 Å². The van der Waals surface area contributed by atoms with E-state index in [0.29, 0.717) is 0 Å². The molecule has 0 aliphatic heterocycles. The highest BCUT2D eigenvalue weighted by Crippen LogP contribution is 2.65. The van der Waals surface area contributed by atoms with Crippen molar-refractivity contribution in [2.24, 2.45) is 0 Å². The molecule has 0 bridgehead atoms. The fourth-order valence-corrected chi connectivity index (χ4v) is 5.04. The Morgan fingerprint density at radius 2 is 0.848 bits per heavy atom. The SMILES string of the molecule is CN(CCC[N+](C)(C)CCCS(=O)(=O)O)S(=O)(=O)C(F)(F)C(F)(F)C(F)(F)C(F)(F)C(F)(F)C(F)(F)C(F)(F)C(F)(F)C(F)(F)F. The number of alkyl halides is 19. The first-order chi connectivity index (χ1) is 19.6. The highest BCUT2D eigenvalue weighted by Gasteiger charge is 2.97. The molecule has 0 spiro atoms. The van der Waals surface area contributed by atoms with E-state index < -0.39 is 103 Å². The van der Waals surface area contributed by atoms with Gasteiger partial charge in [0.05, 0.1) is 32.9 Å². The summed E-state index contributed by atoms with van der Waals surface area (Å²) in [6.45, 7) is -2.00. The van der Waals surface area contributed by atoms with Crippen LogP contribution in [0.1, 0.15) is 12.8 Å². The van der Waals surface area contributed by atoms with Crippen molar-refractivity contribution in [3.05, 3.63) is 0 Å². The van der Waals surface area contributed by atoms with Gasteiger partial charge in [0.25, 0.3) is 20.1 Å². The Bertz CT molecular complexity index is 1300. The predicted molar refractivity (Wildman–Crippen MR) is 115 cm³/mol. The topological polar surface area (TPSA) is 91.8 Å². The molecule has 0 aromatic rings. The zero-order chi connectivity index (χ0) is 37.8. The van der Waals surface area contributed by atoms with Crippen molar-refractivity contribution in [2.75, 3.05) is 46.5 Å². The van der Waals surface area contributed by atoms with Gasteiger partial charge < -0.3 is 4.48 Å². The molecule has 0 unspecified atom stereocenters. The molecule has 0 heterocycles. The van der Waals surface area contributed by atoms with E-state index in [4.69, 9.17) is 4.55 Å². The van der Waals surface area contributed by atoms with Gasteiger partial charge in [-0.1, -0.05) is 0 Å². The standard InChI is InChI=1S/C18H21F19N2O5S2/c1-38(6-4-7-39(2,3)8-5-9-45(40,41)42)46(43,44)18(36,37)16(31,32)14(27,28)12(23,24)10(19,20)11(21,22)13(25,26)15(29,30)17(33,34)35/h4-9H2,1-3H3/p+1. The molecular weight excluding hydrogens is 749 g/mol. The molecule has 0 aromatic heterocycles. The molecule has 0 atom stereocenters. The van der Waals surface area contributed by atoms with Gasteiger partial charge in [-0.05, 0) is 0 Å². The first-order valence-electron chi connectivity index (χ1n) is 11.4. The molecular formula is C18H22F19N2O5S2+. The third-order valence-corrected chi connectivity index (χ3v) is 8.94. The van der Waals surface area contributed by atoms with Crippen LogP contribution in [0.5, 0.6) is 0 Å². The zero-order valence-electron chi connectivity index (χ0n) is 22.7. The average Bonchev–Trinajstić information content (AvgIpc) is 2.80.